The van der Waals surface area contributed by atoms with Gasteiger partial charge in [0.1, 0.15) is 5.82 Å². The van der Waals surface area contributed by atoms with Gasteiger partial charge in [-0.05, 0) is 43.2 Å². The molecule has 7 heteroatoms. The number of benzene rings is 3. The molecule has 174 valence electrons. The van der Waals surface area contributed by atoms with E-state index in [4.69, 9.17) is 0 Å². The molecule has 0 aromatic heterocycles. The molecular weight excluding hydrogens is 449 g/mol. The summed E-state index contributed by atoms with van der Waals surface area (Å²) in [4.78, 5) is 29.7. The van der Waals surface area contributed by atoms with Crippen LogP contribution in [0.25, 0.3) is 0 Å². The summed E-state index contributed by atoms with van der Waals surface area (Å²) in [6, 6.07) is 19.9. The van der Waals surface area contributed by atoms with Crippen molar-refractivity contribution in [2.24, 2.45) is 0 Å². The lowest BCUT2D eigenvalue weighted by molar-refractivity contribution is -0.123. The molecule has 1 spiro atoms. The van der Waals surface area contributed by atoms with E-state index in [2.05, 4.69) is 5.32 Å². The standard InChI is InChI=1S/C27H26FN3O2S/c1-18-4-3-5-21(14-18)16-29-26(33)31-12-13-34-27(31)23-15-19(2)6-11-24(23)30(25(27)32)17-20-7-9-22(28)10-8-20/h3-11,14-15H,12-13,16-17H2,1-2H3,(H,29,33)/t27-/m0/s1. The van der Waals surface area contributed by atoms with E-state index in [-0.39, 0.29) is 17.8 Å². The molecule has 3 aromatic carbocycles. The molecule has 34 heavy (non-hydrogen) atoms. The lowest BCUT2D eigenvalue weighted by Gasteiger charge is -2.33. The van der Waals surface area contributed by atoms with Crippen LogP contribution in [-0.2, 0) is 22.8 Å². The number of nitrogens with one attached hydrogen (secondary N) is 1. The van der Waals surface area contributed by atoms with E-state index in [1.54, 1.807) is 21.9 Å². The van der Waals surface area contributed by atoms with E-state index >= 15 is 0 Å². The molecule has 3 aromatic rings. The Hall–Kier alpha value is -3.32. The minimum absolute atomic E-state index is 0.134. The van der Waals surface area contributed by atoms with E-state index in [1.807, 2.05) is 56.3 Å². The number of hydrogen-bond acceptors (Lipinski definition) is 3. The number of urea groups is 1. The highest BCUT2D eigenvalue weighted by molar-refractivity contribution is 8.01. The van der Waals surface area contributed by atoms with E-state index in [0.717, 1.165) is 33.5 Å². The van der Waals surface area contributed by atoms with E-state index < -0.39 is 4.87 Å². The summed E-state index contributed by atoms with van der Waals surface area (Å²) in [6.07, 6.45) is 0. The Labute approximate surface area is 202 Å². The molecule has 1 N–H and O–H groups in total. The molecule has 0 bridgehead atoms. The second-order valence-electron chi connectivity index (χ2n) is 8.83. The van der Waals surface area contributed by atoms with Crippen molar-refractivity contribution in [3.05, 3.63) is 100 Å². The monoisotopic (exact) mass is 475 g/mol. The molecule has 0 saturated carbocycles. The number of rotatable bonds is 4. The largest absolute Gasteiger partial charge is 0.334 e. The van der Waals surface area contributed by atoms with Crippen molar-refractivity contribution in [2.75, 3.05) is 17.2 Å². The van der Waals surface area contributed by atoms with Crippen molar-refractivity contribution in [1.82, 2.24) is 10.2 Å². The van der Waals surface area contributed by atoms with Gasteiger partial charge < -0.3 is 10.2 Å². The predicted octanol–water partition coefficient (Wildman–Crippen LogP) is 5.10. The highest BCUT2D eigenvalue weighted by Gasteiger charge is 2.59. The van der Waals surface area contributed by atoms with Gasteiger partial charge in [0.25, 0.3) is 5.91 Å². The molecular formula is C27H26FN3O2S. The van der Waals surface area contributed by atoms with Crippen LogP contribution in [0, 0.1) is 19.7 Å². The van der Waals surface area contributed by atoms with E-state index in [0.29, 0.717) is 25.4 Å². The maximum absolute atomic E-state index is 14.0. The zero-order valence-electron chi connectivity index (χ0n) is 19.2. The molecule has 2 aliphatic rings. The molecule has 2 aliphatic heterocycles. The third-order valence-corrected chi connectivity index (χ3v) is 7.79. The van der Waals surface area contributed by atoms with Gasteiger partial charge in [0.2, 0.25) is 0 Å². The van der Waals surface area contributed by atoms with Crippen LogP contribution in [0.3, 0.4) is 0 Å². The van der Waals surface area contributed by atoms with Gasteiger partial charge in [-0.25, -0.2) is 9.18 Å². The second kappa shape index (κ2) is 8.80. The number of nitrogens with zero attached hydrogens (tertiary/aromatic N) is 2. The van der Waals surface area contributed by atoms with E-state index in [9.17, 15) is 14.0 Å². The number of halogens is 1. The number of amides is 3. The fraction of sp³-hybridized carbons (Fsp3) is 0.259. The first-order chi connectivity index (χ1) is 16.4. The van der Waals surface area contributed by atoms with Crippen molar-refractivity contribution in [3.63, 3.8) is 0 Å². The van der Waals surface area contributed by atoms with Crippen LogP contribution in [0.4, 0.5) is 14.9 Å². The summed E-state index contributed by atoms with van der Waals surface area (Å²) in [6.45, 7) is 5.20. The van der Waals surface area contributed by atoms with Crippen molar-refractivity contribution < 1.29 is 14.0 Å². The Morgan fingerprint density at radius 1 is 1.03 bits per heavy atom. The molecule has 5 nitrogen and oxygen atoms in total. The lowest BCUT2D eigenvalue weighted by atomic mass is 10.0. The minimum atomic E-state index is -1.10. The van der Waals surface area contributed by atoms with Gasteiger partial charge >= 0.3 is 6.03 Å². The molecule has 1 fully saturated rings. The number of carbonyl (C=O) groups is 2. The van der Waals surface area contributed by atoms with Gasteiger partial charge in [0.05, 0.1) is 12.2 Å². The first kappa shape index (κ1) is 22.5. The summed E-state index contributed by atoms with van der Waals surface area (Å²) in [5.41, 5.74) is 5.64. The van der Waals surface area contributed by atoms with Crippen LogP contribution in [0.15, 0.2) is 66.7 Å². The molecule has 3 amide bonds. The van der Waals surface area contributed by atoms with Gasteiger partial charge in [0.15, 0.2) is 4.87 Å². The maximum Gasteiger partial charge on any atom is 0.319 e. The predicted molar refractivity (Wildman–Crippen MR) is 133 cm³/mol. The molecule has 1 atom stereocenters. The van der Waals surface area contributed by atoms with Crippen molar-refractivity contribution in [3.8, 4) is 0 Å². The van der Waals surface area contributed by atoms with Crippen LogP contribution in [-0.4, -0.2) is 29.1 Å². The average Bonchev–Trinajstić information content (AvgIpc) is 3.36. The smallest absolute Gasteiger partial charge is 0.319 e. The molecule has 2 heterocycles. The second-order valence-corrected chi connectivity index (χ2v) is 10.1. The minimum Gasteiger partial charge on any atom is -0.334 e. The zero-order valence-corrected chi connectivity index (χ0v) is 20.0. The van der Waals surface area contributed by atoms with Crippen LogP contribution < -0.4 is 10.2 Å². The topological polar surface area (TPSA) is 52.7 Å². The third kappa shape index (κ3) is 3.84. The highest BCUT2D eigenvalue weighted by atomic mass is 32.2. The first-order valence-corrected chi connectivity index (χ1v) is 12.3. The fourth-order valence-corrected chi connectivity index (χ4v) is 6.21. The van der Waals surface area contributed by atoms with Gasteiger partial charge in [0, 0.05) is 24.4 Å². The zero-order chi connectivity index (χ0) is 23.9. The SMILES string of the molecule is Cc1cccc(CNC(=O)N2CCS[C@@]23C(=O)N(Cc2ccc(F)cc2)c2ccc(C)cc23)c1. The number of anilines is 1. The number of hydrogen-bond donors (Lipinski definition) is 1. The summed E-state index contributed by atoms with van der Waals surface area (Å²) < 4.78 is 13.4. The molecule has 5 rings (SSSR count). The Bertz CT molecular complexity index is 1260. The third-order valence-electron chi connectivity index (χ3n) is 6.37. The van der Waals surface area contributed by atoms with Gasteiger partial charge in [-0.15, -0.1) is 11.8 Å². The Morgan fingerprint density at radius 3 is 2.56 bits per heavy atom. The Morgan fingerprint density at radius 2 is 1.79 bits per heavy atom. The first-order valence-electron chi connectivity index (χ1n) is 11.3. The number of thioether (sulfide) groups is 1. The quantitative estimate of drug-likeness (QED) is 0.571. The summed E-state index contributed by atoms with van der Waals surface area (Å²) in [5, 5.41) is 3.02. The van der Waals surface area contributed by atoms with Crippen molar-refractivity contribution in [1.29, 1.82) is 0 Å². The highest BCUT2D eigenvalue weighted by Crippen LogP contribution is 2.54. The van der Waals surface area contributed by atoms with Gasteiger partial charge in [-0.3, -0.25) is 9.69 Å². The summed E-state index contributed by atoms with van der Waals surface area (Å²) in [7, 11) is 0. The molecule has 0 aliphatic carbocycles. The Balaban J connectivity index is 1.46. The van der Waals surface area contributed by atoms with Crippen molar-refractivity contribution in [2.45, 2.75) is 31.8 Å². The number of aryl methyl sites for hydroxylation is 2. The number of carbonyl (C=O) groups excluding carboxylic acids is 2. The molecule has 1 saturated heterocycles. The van der Waals surface area contributed by atoms with Crippen LogP contribution in [0.1, 0.15) is 27.8 Å². The number of fused-ring (bicyclic) bond motifs is 2. The molecule has 0 unspecified atom stereocenters. The van der Waals surface area contributed by atoms with Crippen molar-refractivity contribution >= 4 is 29.4 Å². The normalized spacial score (nSPS) is 19.1. The van der Waals surface area contributed by atoms with Gasteiger partial charge in [-0.2, -0.15) is 0 Å². The lowest BCUT2D eigenvalue weighted by Crippen LogP contribution is -2.53. The van der Waals surface area contributed by atoms with Crippen LogP contribution in [0.2, 0.25) is 0 Å². The van der Waals surface area contributed by atoms with Gasteiger partial charge in [-0.1, -0.05) is 59.7 Å². The van der Waals surface area contributed by atoms with E-state index in [1.165, 1.54) is 23.9 Å². The van der Waals surface area contributed by atoms with Crippen LogP contribution >= 0.6 is 11.8 Å². The fourth-order valence-electron chi connectivity index (χ4n) is 4.75. The van der Waals surface area contributed by atoms with Crippen LogP contribution in [0.5, 0.6) is 0 Å². The summed E-state index contributed by atoms with van der Waals surface area (Å²) >= 11 is 1.50. The maximum atomic E-state index is 14.0. The summed E-state index contributed by atoms with van der Waals surface area (Å²) in [5.74, 6) is 0.221. The molecule has 0 radical (unpaired) electrons. The Kier molecular flexibility index (Phi) is 5.81. The average molecular weight is 476 g/mol.